The summed E-state index contributed by atoms with van der Waals surface area (Å²) in [5.74, 6) is 0.527. The molecule has 3 aromatic rings. The number of aromatic nitrogens is 1. The quantitative estimate of drug-likeness (QED) is 0.679. The summed E-state index contributed by atoms with van der Waals surface area (Å²) < 4.78 is 5.26. The van der Waals surface area contributed by atoms with Gasteiger partial charge in [-0.3, -0.25) is 9.78 Å². The molecule has 0 spiro atoms. The SMILES string of the molecule is COc1ccccc1C(=O)c1cccc2ncccc12. The zero-order valence-corrected chi connectivity index (χ0v) is 11.0. The van der Waals surface area contributed by atoms with Crippen molar-refractivity contribution in [3.63, 3.8) is 0 Å². The van der Waals surface area contributed by atoms with E-state index in [0.717, 1.165) is 10.9 Å². The zero-order chi connectivity index (χ0) is 13.9. The highest BCUT2D eigenvalue weighted by atomic mass is 16.5. The van der Waals surface area contributed by atoms with Crippen molar-refractivity contribution in [3.05, 3.63) is 71.9 Å². The highest BCUT2D eigenvalue weighted by Crippen LogP contribution is 2.24. The van der Waals surface area contributed by atoms with E-state index in [2.05, 4.69) is 4.98 Å². The molecule has 0 fully saturated rings. The number of hydrogen-bond acceptors (Lipinski definition) is 3. The van der Waals surface area contributed by atoms with Crippen LogP contribution in [0.1, 0.15) is 15.9 Å². The van der Waals surface area contributed by atoms with Gasteiger partial charge in [-0.05, 0) is 24.3 Å². The van der Waals surface area contributed by atoms with Crippen molar-refractivity contribution in [2.24, 2.45) is 0 Å². The second kappa shape index (κ2) is 5.13. The minimum atomic E-state index is -0.0546. The van der Waals surface area contributed by atoms with Crippen LogP contribution in [0.15, 0.2) is 60.8 Å². The summed E-state index contributed by atoms with van der Waals surface area (Å²) in [7, 11) is 1.57. The first-order valence-corrected chi connectivity index (χ1v) is 6.33. The fourth-order valence-corrected chi connectivity index (χ4v) is 2.28. The Bertz CT molecular complexity index is 775. The number of para-hydroxylation sites is 1. The Kier molecular flexibility index (Phi) is 3.17. The van der Waals surface area contributed by atoms with Gasteiger partial charge in [0.25, 0.3) is 0 Å². The number of pyridine rings is 1. The third-order valence-electron chi connectivity index (χ3n) is 3.24. The van der Waals surface area contributed by atoms with E-state index >= 15 is 0 Å². The molecule has 0 aliphatic carbocycles. The Labute approximate surface area is 116 Å². The monoisotopic (exact) mass is 263 g/mol. The van der Waals surface area contributed by atoms with Crippen molar-refractivity contribution >= 4 is 16.7 Å². The third-order valence-corrected chi connectivity index (χ3v) is 3.24. The van der Waals surface area contributed by atoms with Crippen molar-refractivity contribution in [1.82, 2.24) is 4.98 Å². The maximum absolute atomic E-state index is 12.7. The zero-order valence-electron chi connectivity index (χ0n) is 11.0. The highest BCUT2D eigenvalue weighted by molar-refractivity contribution is 6.17. The molecule has 0 unspecified atom stereocenters. The van der Waals surface area contributed by atoms with E-state index in [1.807, 2.05) is 42.5 Å². The second-order valence-corrected chi connectivity index (χ2v) is 4.41. The first-order chi connectivity index (χ1) is 9.81. The van der Waals surface area contributed by atoms with Gasteiger partial charge in [-0.15, -0.1) is 0 Å². The molecule has 3 rings (SSSR count). The van der Waals surface area contributed by atoms with Crippen LogP contribution in [0.4, 0.5) is 0 Å². The lowest BCUT2D eigenvalue weighted by molar-refractivity contribution is 0.103. The number of ketones is 1. The van der Waals surface area contributed by atoms with Crippen LogP contribution in [0.25, 0.3) is 10.9 Å². The largest absolute Gasteiger partial charge is 0.496 e. The molecule has 20 heavy (non-hydrogen) atoms. The molecule has 1 aromatic heterocycles. The summed E-state index contributed by atoms with van der Waals surface area (Å²) in [6.45, 7) is 0. The molecule has 3 heteroatoms. The number of carbonyl (C=O) groups is 1. The Morgan fingerprint density at radius 2 is 1.75 bits per heavy atom. The van der Waals surface area contributed by atoms with E-state index in [0.29, 0.717) is 16.9 Å². The molecule has 1 heterocycles. The summed E-state index contributed by atoms with van der Waals surface area (Å²) in [5, 5.41) is 0.853. The van der Waals surface area contributed by atoms with Gasteiger partial charge in [0.15, 0.2) is 5.78 Å². The Morgan fingerprint density at radius 1 is 0.950 bits per heavy atom. The minimum Gasteiger partial charge on any atom is -0.496 e. The van der Waals surface area contributed by atoms with Crippen molar-refractivity contribution in [2.45, 2.75) is 0 Å². The van der Waals surface area contributed by atoms with Crippen molar-refractivity contribution in [2.75, 3.05) is 7.11 Å². The summed E-state index contributed by atoms with van der Waals surface area (Å²) in [6.07, 6.45) is 1.72. The number of fused-ring (bicyclic) bond motifs is 1. The summed E-state index contributed by atoms with van der Waals surface area (Å²) >= 11 is 0. The van der Waals surface area contributed by atoms with E-state index in [9.17, 15) is 4.79 Å². The summed E-state index contributed by atoms with van der Waals surface area (Å²) in [6, 6.07) is 16.5. The number of carbonyl (C=O) groups excluding carboxylic acids is 1. The molecule has 2 aromatic carbocycles. The predicted octanol–water partition coefficient (Wildman–Crippen LogP) is 3.47. The summed E-state index contributed by atoms with van der Waals surface area (Å²) in [5.41, 5.74) is 2.01. The number of ether oxygens (including phenoxy) is 1. The Hall–Kier alpha value is -2.68. The van der Waals surface area contributed by atoms with Crippen LogP contribution in [0, 0.1) is 0 Å². The molecule has 98 valence electrons. The van der Waals surface area contributed by atoms with E-state index in [1.54, 1.807) is 25.4 Å². The number of methoxy groups -OCH3 is 1. The molecule has 0 radical (unpaired) electrons. The van der Waals surface area contributed by atoms with Crippen LogP contribution in [-0.4, -0.2) is 17.9 Å². The van der Waals surface area contributed by atoms with Gasteiger partial charge in [0.1, 0.15) is 5.75 Å². The fourth-order valence-electron chi connectivity index (χ4n) is 2.28. The lowest BCUT2D eigenvalue weighted by Gasteiger charge is -2.09. The van der Waals surface area contributed by atoms with Crippen LogP contribution < -0.4 is 4.74 Å². The molecule has 3 nitrogen and oxygen atoms in total. The van der Waals surface area contributed by atoms with Gasteiger partial charge in [-0.1, -0.05) is 30.3 Å². The van der Waals surface area contributed by atoms with Gasteiger partial charge in [-0.2, -0.15) is 0 Å². The molecule has 0 saturated heterocycles. The smallest absolute Gasteiger partial charge is 0.197 e. The molecule has 0 amide bonds. The van der Waals surface area contributed by atoms with Crippen molar-refractivity contribution in [3.8, 4) is 5.75 Å². The topological polar surface area (TPSA) is 39.2 Å². The summed E-state index contributed by atoms with van der Waals surface area (Å²) in [4.78, 5) is 17.0. The van der Waals surface area contributed by atoms with Crippen LogP contribution in [0.2, 0.25) is 0 Å². The van der Waals surface area contributed by atoms with Crippen LogP contribution in [0.5, 0.6) is 5.75 Å². The van der Waals surface area contributed by atoms with E-state index in [-0.39, 0.29) is 5.78 Å². The maximum atomic E-state index is 12.7. The maximum Gasteiger partial charge on any atom is 0.197 e. The molecule has 0 aliphatic rings. The standard InChI is InChI=1S/C17H13NO2/c1-20-16-10-3-2-6-14(16)17(19)13-7-4-9-15-12(13)8-5-11-18-15/h2-11H,1H3. The van der Waals surface area contributed by atoms with Gasteiger partial charge in [0.05, 0.1) is 18.2 Å². The minimum absolute atomic E-state index is 0.0546. The molecule has 0 atom stereocenters. The molecular weight excluding hydrogens is 250 g/mol. The fraction of sp³-hybridized carbons (Fsp3) is 0.0588. The first-order valence-electron chi connectivity index (χ1n) is 6.33. The van der Waals surface area contributed by atoms with Crippen LogP contribution in [0.3, 0.4) is 0 Å². The van der Waals surface area contributed by atoms with E-state index in [4.69, 9.17) is 4.74 Å². The van der Waals surface area contributed by atoms with E-state index < -0.39 is 0 Å². The van der Waals surface area contributed by atoms with Crippen LogP contribution in [-0.2, 0) is 0 Å². The lowest BCUT2D eigenvalue weighted by atomic mass is 9.98. The van der Waals surface area contributed by atoms with Crippen LogP contribution >= 0.6 is 0 Å². The molecule has 0 N–H and O–H groups in total. The van der Waals surface area contributed by atoms with E-state index in [1.165, 1.54) is 0 Å². The Balaban J connectivity index is 2.18. The van der Waals surface area contributed by atoms with Gasteiger partial charge in [0, 0.05) is 17.1 Å². The number of nitrogens with zero attached hydrogens (tertiary/aromatic N) is 1. The number of hydrogen-bond donors (Lipinski definition) is 0. The average Bonchev–Trinajstić information content (AvgIpc) is 2.53. The number of benzene rings is 2. The first kappa shape index (κ1) is 12.4. The van der Waals surface area contributed by atoms with Gasteiger partial charge < -0.3 is 4.74 Å². The molecule has 0 aliphatic heterocycles. The van der Waals surface area contributed by atoms with Gasteiger partial charge in [-0.25, -0.2) is 0 Å². The number of rotatable bonds is 3. The molecule has 0 saturated carbocycles. The highest BCUT2D eigenvalue weighted by Gasteiger charge is 2.16. The predicted molar refractivity (Wildman–Crippen MR) is 78.2 cm³/mol. The van der Waals surface area contributed by atoms with Gasteiger partial charge in [0.2, 0.25) is 0 Å². The average molecular weight is 263 g/mol. The molecular formula is C17H13NO2. The second-order valence-electron chi connectivity index (χ2n) is 4.41. The Morgan fingerprint density at radius 3 is 2.60 bits per heavy atom. The normalized spacial score (nSPS) is 10.4. The molecule has 0 bridgehead atoms. The van der Waals surface area contributed by atoms with Crippen molar-refractivity contribution in [1.29, 1.82) is 0 Å². The van der Waals surface area contributed by atoms with Crippen molar-refractivity contribution < 1.29 is 9.53 Å². The third kappa shape index (κ3) is 2.03. The van der Waals surface area contributed by atoms with Gasteiger partial charge >= 0.3 is 0 Å². The lowest BCUT2D eigenvalue weighted by Crippen LogP contribution is -2.04.